The van der Waals surface area contributed by atoms with Crippen molar-refractivity contribution in [1.82, 2.24) is 4.90 Å². The second-order valence-electron chi connectivity index (χ2n) is 4.73. The van der Waals surface area contributed by atoms with E-state index < -0.39 is 0 Å². The van der Waals surface area contributed by atoms with E-state index in [-0.39, 0.29) is 0 Å². The minimum Gasteiger partial charge on any atom is -0.379 e. The Morgan fingerprint density at radius 3 is 2.93 bits per heavy atom. The van der Waals surface area contributed by atoms with Crippen molar-refractivity contribution in [2.75, 3.05) is 26.3 Å². The van der Waals surface area contributed by atoms with Crippen molar-refractivity contribution in [3.8, 4) is 6.07 Å². The fraction of sp³-hybridized carbons (Fsp3) is 0.909. The molecule has 3 heteroatoms. The lowest BCUT2D eigenvalue weighted by molar-refractivity contribution is -0.00912. The van der Waals surface area contributed by atoms with E-state index in [1.54, 1.807) is 0 Å². The van der Waals surface area contributed by atoms with Gasteiger partial charge >= 0.3 is 0 Å². The van der Waals surface area contributed by atoms with Crippen LogP contribution >= 0.6 is 0 Å². The Morgan fingerprint density at radius 2 is 2.36 bits per heavy atom. The largest absolute Gasteiger partial charge is 0.379 e. The number of hydrogen-bond acceptors (Lipinski definition) is 3. The molecule has 2 aliphatic rings. The minimum atomic E-state index is 0.348. The molecule has 3 nitrogen and oxygen atoms in total. The lowest BCUT2D eigenvalue weighted by Crippen LogP contribution is -2.46. The van der Waals surface area contributed by atoms with E-state index in [1.165, 1.54) is 12.8 Å². The average molecular weight is 194 g/mol. The van der Waals surface area contributed by atoms with Crippen molar-refractivity contribution < 1.29 is 4.74 Å². The maximum Gasteiger partial charge on any atom is 0.0628 e. The first-order valence-corrected chi connectivity index (χ1v) is 5.44. The van der Waals surface area contributed by atoms with Gasteiger partial charge in [-0.25, -0.2) is 0 Å². The van der Waals surface area contributed by atoms with Crippen LogP contribution in [0.1, 0.15) is 26.2 Å². The van der Waals surface area contributed by atoms with Gasteiger partial charge in [0, 0.05) is 25.6 Å². The van der Waals surface area contributed by atoms with Crippen LogP contribution in [0.2, 0.25) is 0 Å². The van der Waals surface area contributed by atoms with Crippen LogP contribution in [0.15, 0.2) is 0 Å². The highest BCUT2D eigenvalue weighted by molar-refractivity contribution is 5.01. The first kappa shape index (κ1) is 9.95. The zero-order chi connectivity index (χ0) is 10.0. The molecule has 0 aromatic carbocycles. The Labute approximate surface area is 85.6 Å². The lowest BCUT2D eigenvalue weighted by atomic mass is 10.0. The first-order valence-electron chi connectivity index (χ1n) is 5.44. The molecule has 1 saturated carbocycles. The SMILES string of the molecule is CC1COCCN1CC1(CC#N)CC1. The summed E-state index contributed by atoms with van der Waals surface area (Å²) in [6, 6.07) is 2.84. The van der Waals surface area contributed by atoms with Gasteiger partial charge in [0.2, 0.25) is 0 Å². The van der Waals surface area contributed by atoms with Crippen molar-refractivity contribution in [2.24, 2.45) is 5.41 Å². The average Bonchev–Trinajstić information content (AvgIpc) is 2.90. The quantitative estimate of drug-likeness (QED) is 0.681. The Morgan fingerprint density at radius 1 is 1.57 bits per heavy atom. The molecule has 1 saturated heterocycles. The molecule has 2 fully saturated rings. The maximum absolute atomic E-state index is 8.74. The van der Waals surface area contributed by atoms with Crippen molar-refractivity contribution >= 4 is 0 Å². The summed E-state index contributed by atoms with van der Waals surface area (Å²) < 4.78 is 5.40. The van der Waals surface area contributed by atoms with Gasteiger partial charge in [0.1, 0.15) is 0 Å². The van der Waals surface area contributed by atoms with Crippen LogP contribution in [0.4, 0.5) is 0 Å². The minimum absolute atomic E-state index is 0.348. The summed E-state index contributed by atoms with van der Waals surface area (Å²) in [6.45, 7) is 6.05. The molecule has 1 heterocycles. The molecule has 1 aliphatic carbocycles. The molecular weight excluding hydrogens is 176 g/mol. The van der Waals surface area contributed by atoms with E-state index in [1.807, 2.05) is 0 Å². The van der Waals surface area contributed by atoms with E-state index in [0.29, 0.717) is 11.5 Å². The summed E-state index contributed by atoms with van der Waals surface area (Å²) in [7, 11) is 0. The van der Waals surface area contributed by atoms with E-state index in [2.05, 4.69) is 17.9 Å². The van der Waals surface area contributed by atoms with E-state index in [0.717, 1.165) is 32.7 Å². The van der Waals surface area contributed by atoms with Gasteiger partial charge in [-0.2, -0.15) is 5.26 Å². The summed E-state index contributed by atoms with van der Waals surface area (Å²) in [5.74, 6) is 0. The molecular formula is C11H18N2O. The molecule has 0 aromatic heterocycles. The van der Waals surface area contributed by atoms with E-state index in [9.17, 15) is 0 Å². The van der Waals surface area contributed by atoms with Gasteiger partial charge in [0.15, 0.2) is 0 Å². The molecule has 0 amide bonds. The summed E-state index contributed by atoms with van der Waals surface area (Å²) >= 11 is 0. The number of hydrogen-bond donors (Lipinski definition) is 0. The number of morpholine rings is 1. The molecule has 0 aromatic rings. The zero-order valence-corrected chi connectivity index (χ0v) is 8.83. The Bertz CT molecular complexity index is 242. The van der Waals surface area contributed by atoms with Gasteiger partial charge in [-0.05, 0) is 25.2 Å². The summed E-state index contributed by atoms with van der Waals surface area (Å²) in [4.78, 5) is 2.48. The molecule has 0 radical (unpaired) electrons. The van der Waals surface area contributed by atoms with Crippen LogP contribution in [0, 0.1) is 16.7 Å². The van der Waals surface area contributed by atoms with Crippen molar-refractivity contribution in [1.29, 1.82) is 5.26 Å². The predicted octanol–water partition coefficient (Wildman–Crippen LogP) is 1.40. The van der Waals surface area contributed by atoms with Crippen LogP contribution < -0.4 is 0 Å². The van der Waals surface area contributed by atoms with Crippen molar-refractivity contribution in [3.05, 3.63) is 0 Å². The third-order valence-electron chi connectivity index (χ3n) is 3.45. The fourth-order valence-corrected chi connectivity index (χ4v) is 2.16. The third kappa shape index (κ3) is 2.08. The van der Waals surface area contributed by atoms with E-state index in [4.69, 9.17) is 10.00 Å². The Kier molecular flexibility index (Phi) is 2.76. The van der Waals surface area contributed by atoms with Crippen LogP contribution in [-0.4, -0.2) is 37.2 Å². The van der Waals surface area contributed by atoms with Crippen LogP contribution in [0.5, 0.6) is 0 Å². The molecule has 0 N–H and O–H groups in total. The van der Waals surface area contributed by atoms with Gasteiger partial charge in [-0.1, -0.05) is 0 Å². The van der Waals surface area contributed by atoms with Gasteiger partial charge in [-0.3, -0.25) is 4.90 Å². The molecule has 0 spiro atoms. The molecule has 78 valence electrons. The van der Waals surface area contributed by atoms with Crippen LogP contribution in [-0.2, 0) is 4.74 Å². The first-order chi connectivity index (χ1) is 6.76. The number of rotatable bonds is 3. The monoisotopic (exact) mass is 194 g/mol. The predicted molar refractivity (Wildman–Crippen MR) is 53.8 cm³/mol. The highest BCUT2D eigenvalue weighted by Crippen LogP contribution is 2.49. The van der Waals surface area contributed by atoms with Gasteiger partial charge < -0.3 is 4.74 Å². The molecule has 2 rings (SSSR count). The zero-order valence-electron chi connectivity index (χ0n) is 8.83. The Balaban J connectivity index is 1.87. The van der Waals surface area contributed by atoms with Gasteiger partial charge in [0.05, 0.1) is 19.3 Å². The smallest absolute Gasteiger partial charge is 0.0628 e. The highest BCUT2D eigenvalue weighted by atomic mass is 16.5. The van der Waals surface area contributed by atoms with Crippen LogP contribution in [0.3, 0.4) is 0 Å². The second-order valence-corrected chi connectivity index (χ2v) is 4.73. The molecule has 1 unspecified atom stereocenters. The lowest BCUT2D eigenvalue weighted by Gasteiger charge is -2.35. The van der Waals surface area contributed by atoms with Gasteiger partial charge in [-0.15, -0.1) is 0 Å². The summed E-state index contributed by atoms with van der Waals surface area (Å²) in [5.41, 5.74) is 0.348. The normalized spacial score (nSPS) is 31.0. The second kappa shape index (κ2) is 3.88. The molecule has 0 bridgehead atoms. The van der Waals surface area contributed by atoms with Gasteiger partial charge in [0.25, 0.3) is 0 Å². The maximum atomic E-state index is 8.74. The van der Waals surface area contributed by atoms with Crippen LogP contribution in [0.25, 0.3) is 0 Å². The van der Waals surface area contributed by atoms with Crippen molar-refractivity contribution in [3.63, 3.8) is 0 Å². The third-order valence-corrected chi connectivity index (χ3v) is 3.45. The standard InChI is InChI=1S/C11H18N2O/c1-10-8-14-7-6-13(10)9-11(2-3-11)4-5-12/h10H,2-4,6-9H2,1H3. The highest BCUT2D eigenvalue weighted by Gasteiger charge is 2.44. The number of ether oxygens (including phenoxy) is 1. The fourth-order valence-electron chi connectivity index (χ4n) is 2.16. The topological polar surface area (TPSA) is 36.3 Å². The summed E-state index contributed by atoms with van der Waals surface area (Å²) in [5, 5.41) is 8.74. The summed E-state index contributed by atoms with van der Waals surface area (Å²) in [6.07, 6.45) is 3.21. The van der Waals surface area contributed by atoms with Crippen molar-refractivity contribution in [2.45, 2.75) is 32.2 Å². The number of nitrogens with zero attached hydrogens (tertiary/aromatic N) is 2. The Hall–Kier alpha value is -0.590. The van der Waals surface area contributed by atoms with E-state index >= 15 is 0 Å². The molecule has 1 aliphatic heterocycles. The molecule has 14 heavy (non-hydrogen) atoms. The molecule has 1 atom stereocenters. The number of nitriles is 1.